The summed E-state index contributed by atoms with van der Waals surface area (Å²) in [7, 11) is 0. The number of benzene rings is 1. The Morgan fingerprint density at radius 1 is 1.28 bits per heavy atom. The molecule has 1 heterocycles. The summed E-state index contributed by atoms with van der Waals surface area (Å²) in [5, 5.41) is 9.39. The largest absolute Gasteiger partial charge is 0.478 e. The Labute approximate surface area is 109 Å². The molecule has 0 radical (unpaired) electrons. The minimum atomic E-state index is -0.955. The van der Waals surface area contributed by atoms with Crippen molar-refractivity contribution in [1.29, 1.82) is 0 Å². The van der Waals surface area contributed by atoms with Gasteiger partial charge in [0.1, 0.15) is 11.5 Å². The van der Waals surface area contributed by atoms with Crippen molar-refractivity contribution in [2.75, 3.05) is 0 Å². The Morgan fingerprint density at radius 2 is 2.06 bits per heavy atom. The lowest BCUT2D eigenvalue weighted by Gasteiger charge is -2.07. The molecule has 2 rings (SSSR count). The van der Waals surface area contributed by atoms with Gasteiger partial charge in [-0.15, -0.1) is 0 Å². The number of aryl methyl sites for hydroxylation is 1. The van der Waals surface area contributed by atoms with Crippen LogP contribution in [0.4, 0.5) is 0 Å². The predicted molar refractivity (Wildman–Crippen MR) is 67.5 cm³/mol. The third-order valence-corrected chi connectivity index (χ3v) is 2.55. The van der Waals surface area contributed by atoms with Gasteiger partial charge in [0.15, 0.2) is 0 Å². The van der Waals surface area contributed by atoms with E-state index in [2.05, 4.69) is 4.98 Å². The molecule has 0 saturated carbocycles. The molecule has 92 valence electrons. The first kappa shape index (κ1) is 12.4. The van der Waals surface area contributed by atoms with E-state index in [-0.39, 0.29) is 5.56 Å². The van der Waals surface area contributed by atoms with Crippen molar-refractivity contribution < 1.29 is 14.6 Å². The second kappa shape index (κ2) is 5.06. The summed E-state index contributed by atoms with van der Waals surface area (Å²) in [6, 6.07) is 6.39. The zero-order valence-electron chi connectivity index (χ0n) is 9.55. The van der Waals surface area contributed by atoms with Crippen molar-refractivity contribution in [2.24, 2.45) is 0 Å². The molecule has 0 spiro atoms. The number of nitrogens with zero attached hydrogens (tertiary/aromatic N) is 1. The maximum atomic E-state index is 10.9. The molecule has 2 aromatic rings. The number of hydrogen-bond acceptors (Lipinski definition) is 3. The summed E-state index contributed by atoms with van der Waals surface area (Å²) in [4.78, 5) is 14.8. The number of ether oxygens (including phenoxy) is 1. The van der Waals surface area contributed by atoms with Gasteiger partial charge in [-0.3, -0.25) is 4.98 Å². The first-order chi connectivity index (χ1) is 8.56. The maximum Gasteiger partial charge on any atom is 0.335 e. The van der Waals surface area contributed by atoms with Crippen LogP contribution in [0, 0.1) is 6.92 Å². The summed E-state index contributed by atoms with van der Waals surface area (Å²) in [6.07, 6.45) is 3.04. The second-order valence-corrected chi connectivity index (χ2v) is 4.16. The molecule has 1 aromatic carbocycles. The van der Waals surface area contributed by atoms with Crippen molar-refractivity contribution in [1.82, 2.24) is 4.98 Å². The summed E-state index contributed by atoms with van der Waals surface area (Å²) in [6.45, 7) is 1.71. The molecular formula is C13H10ClNO3. The van der Waals surface area contributed by atoms with Crippen LogP contribution in [0.1, 0.15) is 15.9 Å². The molecule has 1 aromatic heterocycles. The Kier molecular flexibility index (Phi) is 3.48. The minimum Gasteiger partial charge on any atom is -0.478 e. The van der Waals surface area contributed by atoms with E-state index in [9.17, 15) is 4.79 Å². The highest BCUT2D eigenvalue weighted by Gasteiger charge is 2.08. The Bertz CT molecular complexity index is 599. The van der Waals surface area contributed by atoms with Crippen molar-refractivity contribution in [3.63, 3.8) is 0 Å². The fourth-order valence-corrected chi connectivity index (χ4v) is 1.69. The van der Waals surface area contributed by atoms with Gasteiger partial charge in [0.25, 0.3) is 0 Å². The van der Waals surface area contributed by atoms with Gasteiger partial charge < -0.3 is 9.84 Å². The van der Waals surface area contributed by atoms with Gasteiger partial charge in [-0.2, -0.15) is 0 Å². The first-order valence-corrected chi connectivity index (χ1v) is 5.56. The minimum absolute atomic E-state index is 0.256. The Balaban J connectivity index is 2.25. The number of pyridine rings is 1. The van der Waals surface area contributed by atoms with E-state index in [4.69, 9.17) is 21.4 Å². The highest BCUT2D eigenvalue weighted by molar-refractivity contribution is 6.30. The smallest absolute Gasteiger partial charge is 0.335 e. The van der Waals surface area contributed by atoms with Crippen LogP contribution in [0.2, 0.25) is 5.02 Å². The number of halogens is 1. The fourth-order valence-electron chi connectivity index (χ4n) is 1.52. The number of aromatic carboxylic acids is 1. The van der Waals surface area contributed by atoms with E-state index in [1.807, 2.05) is 0 Å². The average Bonchev–Trinajstić information content (AvgIpc) is 2.28. The molecule has 0 aliphatic carbocycles. The maximum absolute atomic E-state index is 10.9. The van der Waals surface area contributed by atoms with Gasteiger partial charge in [0.05, 0.1) is 16.8 Å². The molecule has 0 aliphatic rings. The molecular weight excluding hydrogens is 254 g/mol. The Hall–Kier alpha value is -2.07. The second-order valence-electron chi connectivity index (χ2n) is 3.72. The molecule has 0 fully saturated rings. The van der Waals surface area contributed by atoms with Gasteiger partial charge in [0, 0.05) is 12.3 Å². The number of carboxylic acid groups (broad SMARTS) is 1. The molecule has 18 heavy (non-hydrogen) atoms. The number of carboxylic acids is 1. The summed E-state index contributed by atoms with van der Waals surface area (Å²) >= 11 is 5.79. The molecule has 0 saturated heterocycles. The number of hydrogen-bond donors (Lipinski definition) is 1. The third-order valence-electron chi connectivity index (χ3n) is 2.34. The quantitative estimate of drug-likeness (QED) is 0.920. The monoisotopic (exact) mass is 263 g/mol. The molecule has 0 bridgehead atoms. The SMILES string of the molecule is Cc1cc(Oc2cncc(Cl)c2)ccc1C(=O)O. The lowest BCUT2D eigenvalue weighted by molar-refractivity contribution is 0.0696. The number of rotatable bonds is 3. The van der Waals surface area contributed by atoms with Gasteiger partial charge >= 0.3 is 5.97 Å². The first-order valence-electron chi connectivity index (χ1n) is 5.18. The van der Waals surface area contributed by atoms with E-state index in [0.717, 1.165) is 0 Å². The van der Waals surface area contributed by atoms with Crippen LogP contribution < -0.4 is 4.74 Å². The number of aromatic nitrogens is 1. The molecule has 0 unspecified atom stereocenters. The van der Waals surface area contributed by atoms with Crippen LogP contribution in [0.5, 0.6) is 11.5 Å². The molecule has 0 amide bonds. The summed E-state index contributed by atoms with van der Waals surface area (Å²) < 4.78 is 5.53. The topological polar surface area (TPSA) is 59.4 Å². The summed E-state index contributed by atoms with van der Waals surface area (Å²) in [5.41, 5.74) is 0.890. The van der Waals surface area contributed by atoms with Crippen LogP contribution in [0.3, 0.4) is 0 Å². The van der Waals surface area contributed by atoms with Crippen molar-refractivity contribution in [3.05, 3.63) is 52.8 Å². The van der Waals surface area contributed by atoms with Crippen molar-refractivity contribution in [3.8, 4) is 11.5 Å². The van der Waals surface area contributed by atoms with Gasteiger partial charge in [-0.1, -0.05) is 11.6 Å². The van der Waals surface area contributed by atoms with Crippen LogP contribution in [-0.4, -0.2) is 16.1 Å². The molecule has 1 N–H and O–H groups in total. The van der Waals surface area contributed by atoms with Crippen molar-refractivity contribution in [2.45, 2.75) is 6.92 Å². The van der Waals surface area contributed by atoms with Crippen LogP contribution in [0.25, 0.3) is 0 Å². The standard InChI is InChI=1S/C13H10ClNO3/c1-8-4-10(2-3-12(8)13(16)17)18-11-5-9(14)6-15-7-11/h2-7H,1H3,(H,16,17). The van der Waals surface area contributed by atoms with E-state index in [1.165, 1.54) is 18.5 Å². The zero-order chi connectivity index (χ0) is 13.1. The fraction of sp³-hybridized carbons (Fsp3) is 0.0769. The van der Waals surface area contributed by atoms with Crippen LogP contribution in [-0.2, 0) is 0 Å². The van der Waals surface area contributed by atoms with Crippen molar-refractivity contribution >= 4 is 17.6 Å². The normalized spacial score (nSPS) is 10.1. The van der Waals surface area contributed by atoms with Gasteiger partial charge in [0.2, 0.25) is 0 Å². The average molecular weight is 264 g/mol. The van der Waals surface area contributed by atoms with E-state index in [1.54, 1.807) is 25.1 Å². The number of carbonyl (C=O) groups is 1. The third kappa shape index (κ3) is 2.78. The molecule has 5 heteroatoms. The summed E-state index contributed by atoms with van der Waals surface area (Å²) in [5.74, 6) is 0.0926. The lowest BCUT2D eigenvalue weighted by atomic mass is 10.1. The molecule has 0 aliphatic heterocycles. The van der Waals surface area contributed by atoms with Crippen LogP contribution >= 0.6 is 11.6 Å². The van der Waals surface area contributed by atoms with Gasteiger partial charge in [-0.25, -0.2) is 4.79 Å². The zero-order valence-corrected chi connectivity index (χ0v) is 10.3. The predicted octanol–water partition coefficient (Wildman–Crippen LogP) is 3.53. The highest BCUT2D eigenvalue weighted by atomic mass is 35.5. The molecule has 4 nitrogen and oxygen atoms in total. The highest BCUT2D eigenvalue weighted by Crippen LogP contribution is 2.25. The lowest BCUT2D eigenvalue weighted by Crippen LogP contribution is -1.99. The van der Waals surface area contributed by atoms with E-state index >= 15 is 0 Å². The Morgan fingerprint density at radius 3 is 2.67 bits per heavy atom. The van der Waals surface area contributed by atoms with E-state index in [0.29, 0.717) is 22.1 Å². The van der Waals surface area contributed by atoms with Gasteiger partial charge in [-0.05, 0) is 30.7 Å². The molecule has 0 atom stereocenters. The van der Waals surface area contributed by atoms with Crippen LogP contribution in [0.15, 0.2) is 36.7 Å². The van der Waals surface area contributed by atoms with E-state index < -0.39 is 5.97 Å².